The number of piperidine rings is 1. The first kappa shape index (κ1) is 31.4. The smallest absolute Gasteiger partial charge is 0.335 e. The van der Waals surface area contributed by atoms with Crippen LogP contribution < -0.4 is 10.1 Å². The van der Waals surface area contributed by atoms with Gasteiger partial charge in [0.1, 0.15) is 11.5 Å². The van der Waals surface area contributed by atoms with E-state index >= 15 is 0 Å². The molecule has 45 heavy (non-hydrogen) atoms. The number of likely N-dealkylation sites (tertiary alicyclic amines) is 1. The topological polar surface area (TPSA) is 119 Å². The molecule has 4 aromatic rings. The fraction of sp³-hybridized carbons (Fsp3) is 0.250. The number of ether oxygens (including phenoxy) is 1. The van der Waals surface area contributed by atoms with E-state index in [1.807, 2.05) is 66.7 Å². The van der Waals surface area contributed by atoms with Crippen molar-refractivity contribution in [3.05, 3.63) is 125 Å². The number of carboxylic acid groups (broad SMARTS) is 2. The zero-order valence-electron chi connectivity index (χ0n) is 25.0. The molecule has 0 saturated carbocycles. The summed E-state index contributed by atoms with van der Waals surface area (Å²) in [5.74, 6) is -0.310. The minimum atomic E-state index is -0.974. The van der Waals surface area contributed by atoms with E-state index in [0.717, 1.165) is 49.4 Å². The largest absolute Gasteiger partial charge is 0.478 e. The Hall–Kier alpha value is -4.99. The Labute approximate surface area is 262 Å². The van der Waals surface area contributed by atoms with Crippen LogP contribution in [0.4, 0.5) is 5.69 Å². The molecule has 1 atom stereocenters. The highest BCUT2D eigenvalue weighted by molar-refractivity contribution is 5.92. The van der Waals surface area contributed by atoms with Gasteiger partial charge in [0.25, 0.3) is 0 Å². The van der Waals surface area contributed by atoms with Crippen molar-refractivity contribution >= 4 is 23.5 Å². The third-order valence-electron chi connectivity index (χ3n) is 7.82. The minimum absolute atomic E-state index is 0.139. The van der Waals surface area contributed by atoms with Crippen molar-refractivity contribution in [2.45, 2.75) is 25.9 Å². The SMILES string of the molecule is O=C(CN(Cc1ccc(C(=O)O)cc1)CC1CCCN(Cc2ccc(C(=O)O)cc2)C1)Nc1ccc(Oc2ccccc2)cc1. The molecule has 1 heterocycles. The normalized spacial score (nSPS) is 15.0. The van der Waals surface area contributed by atoms with Gasteiger partial charge in [0.2, 0.25) is 5.91 Å². The van der Waals surface area contributed by atoms with Crippen LogP contribution in [0.5, 0.6) is 11.5 Å². The molecule has 9 nitrogen and oxygen atoms in total. The number of aromatic carboxylic acids is 2. The average Bonchev–Trinajstić information content (AvgIpc) is 3.03. The molecule has 0 bridgehead atoms. The number of carboxylic acids is 2. The zero-order valence-corrected chi connectivity index (χ0v) is 25.0. The highest BCUT2D eigenvalue weighted by Crippen LogP contribution is 2.24. The van der Waals surface area contributed by atoms with Crippen LogP contribution in [0.15, 0.2) is 103 Å². The quantitative estimate of drug-likeness (QED) is 0.164. The van der Waals surface area contributed by atoms with Crippen LogP contribution in [0.2, 0.25) is 0 Å². The molecule has 5 rings (SSSR count). The summed E-state index contributed by atoms with van der Waals surface area (Å²) >= 11 is 0. The number of anilines is 1. The zero-order chi connectivity index (χ0) is 31.6. The van der Waals surface area contributed by atoms with Gasteiger partial charge < -0.3 is 20.3 Å². The van der Waals surface area contributed by atoms with Gasteiger partial charge in [-0.3, -0.25) is 14.6 Å². The van der Waals surface area contributed by atoms with Crippen molar-refractivity contribution < 1.29 is 29.3 Å². The molecule has 0 radical (unpaired) electrons. The van der Waals surface area contributed by atoms with Crippen LogP contribution >= 0.6 is 0 Å². The average molecular weight is 608 g/mol. The maximum absolute atomic E-state index is 13.2. The van der Waals surface area contributed by atoms with E-state index < -0.39 is 11.9 Å². The van der Waals surface area contributed by atoms with Gasteiger partial charge in [-0.15, -0.1) is 0 Å². The van der Waals surface area contributed by atoms with Crippen molar-refractivity contribution in [2.75, 3.05) is 31.5 Å². The van der Waals surface area contributed by atoms with Gasteiger partial charge in [0, 0.05) is 31.9 Å². The lowest BCUT2D eigenvalue weighted by Crippen LogP contribution is -2.42. The van der Waals surface area contributed by atoms with Crippen LogP contribution in [-0.2, 0) is 17.9 Å². The molecule has 1 fully saturated rings. The fourth-order valence-electron chi connectivity index (χ4n) is 5.65. The van der Waals surface area contributed by atoms with Crippen molar-refractivity contribution in [3.8, 4) is 11.5 Å². The van der Waals surface area contributed by atoms with Gasteiger partial charge >= 0.3 is 11.9 Å². The number of hydrogen-bond donors (Lipinski definition) is 3. The summed E-state index contributed by atoms with van der Waals surface area (Å²) in [6, 6.07) is 30.5. The first-order valence-electron chi connectivity index (χ1n) is 15.0. The minimum Gasteiger partial charge on any atom is -0.478 e. The van der Waals surface area contributed by atoms with E-state index in [4.69, 9.17) is 4.74 Å². The van der Waals surface area contributed by atoms with E-state index in [1.54, 1.807) is 36.4 Å². The molecule has 0 spiro atoms. The molecule has 1 amide bonds. The summed E-state index contributed by atoms with van der Waals surface area (Å²) in [6.07, 6.45) is 2.07. The molecular weight excluding hydrogens is 570 g/mol. The van der Waals surface area contributed by atoms with E-state index in [2.05, 4.69) is 15.1 Å². The number of carbonyl (C=O) groups excluding carboxylic acids is 1. The molecule has 9 heteroatoms. The Balaban J connectivity index is 1.22. The molecule has 0 aromatic heterocycles. The third kappa shape index (κ3) is 9.50. The molecule has 0 aliphatic carbocycles. The van der Waals surface area contributed by atoms with Crippen molar-refractivity contribution in [3.63, 3.8) is 0 Å². The van der Waals surface area contributed by atoms with Crippen molar-refractivity contribution in [1.82, 2.24) is 9.80 Å². The third-order valence-corrected chi connectivity index (χ3v) is 7.82. The van der Waals surface area contributed by atoms with Gasteiger partial charge in [-0.1, -0.05) is 42.5 Å². The molecule has 1 unspecified atom stereocenters. The van der Waals surface area contributed by atoms with Crippen molar-refractivity contribution in [1.29, 1.82) is 0 Å². The lowest BCUT2D eigenvalue weighted by molar-refractivity contribution is -0.117. The maximum Gasteiger partial charge on any atom is 0.335 e. The number of nitrogens with zero attached hydrogens (tertiary/aromatic N) is 2. The van der Waals surface area contributed by atoms with Gasteiger partial charge in [-0.25, -0.2) is 9.59 Å². The molecule has 1 saturated heterocycles. The van der Waals surface area contributed by atoms with Gasteiger partial charge in [0.15, 0.2) is 0 Å². The second kappa shape index (κ2) is 15.1. The second-order valence-corrected chi connectivity index (χ2v) is 11.4. The van der Waals surface area contributed by atoms with E-state index in [1.165, 1.54) is 0 Å². The Bertz CT molecular complexity index is 1570. The monoisotopic (exact) mass is 607 g/mol. The van der Waals surface area contributed by atoms with E-state index in [-0.39, 0.29) is 23.6 Å². The van der Waals surface area contributed by atoms with Gasteiger partial charge in [-0.2, -0.15) is 0 Å². The van der Waals surface area contributed by atoms with E-state index in [9.17, 15) is 24.6 Å². The summed E-state index contributed by atoms with van der Waals surface area (Å²) < 4.78 is 5.85. The lowest BCUT2D eigenvalue weighted by Gasteiger charge is -2.35. The van der Waals surface area contributed by atoms with E-state index in [0.29, 0.717) is 30.4 Å². The lowest BCUT2D eigenvalue weighted by atomic mass is 9.96. The Morgan fingerprint density at radius 3 is 2.00 bits per heavy atom. The highest BCUT2D eigenvalue weighted by Gasteiger charge is 2.24. The van der Waals surface area contributed by atoms with Crippen LogP contribution in [-0.4, -0.2) is 64.0 Å². The summed E-state index contributed by atoms with van der Waals surface area (Å²) in [6.45, 7) is 3.93. The molecule has 1 aliphatic rings. The first-order valence-corrected chi connectivity index (χ1v) is 15.0. The number of hydrogen-bond acceptors (Lipinski definition) is 6. The predicted molar refractivity (Wildman–Crippen MR) is 172 cm³/mol. The van der Waals surface area contributed by atoms with Crippen LogP contribution in [0.1, 0.15) is 44.7 Å². The van der Waals surface area contributed by atoms with Gasteiger partial charge in [0.05, 0.1) is 17.7 Å². The molecular formula is C36H37N3O6. The number of rotatable bonds is 13. The number of para-hydroxylation sites is 1. The number of nitrogens with one attached hydrogen (secondary N) is 1. The maximum atomic E-state index is 13.2. The number of carbonyl (C=O) groups is 3. The number of benzene rings is 4. The Morgan fingerprint density at radius 2 is 1.38 bits per heavy atom. The molecule has 232 valence electrons. The van der Waals surface area contributed by atoms with Gasteiger partial charge in [-0.05, 0) is 97.1 Å². The van der Waals surface area contributed by atoms with Crippen LogP contribution in [0, 0.1) is 5.92 Å². The standard InChI is InChI=1S/C36H37N3O6/c40-34(37-31-16-18-33(19-17-31)45-32-6-2-1-3-7-32)25-39(22-27-10-14-30(15-11-27)36(43)44)24-28-5-4-20-38(23-28)21-26-8-12-29(13-9-26)35(41)42/h1-3,6-19,28H,4-5,20-25H2,(H,37,40)(H,41,42)(H,43,44). The summed E-state index contributed by atoms with van der Waals surface area (Å²) in [5, 5.41) is 21.5. The molecule has 3 N–H and O–H groups in total. The molecule has 1 aliphatic heterocycles. The highest BCUT2D eigenvalue weighted by atomic mass is 16.5. The van der Waals surface area contributed by atoms with Crippen LogP contribution in [0.25, 0.3) is 0 Å². The molecule has 4 aromatic carbocycles. The fourth-order valence-corrected chi connectivity index (χ4v) is 5.65. The summed E-state index contributed by atoms with van der Waals surface area (Å²) in [4.78, 5) is 40.3. The van der Waals surface area contributed by atoms with Crippen molar-refractivity contribution in [2.24, 2.45) is 5.92 Å². The Morgan fingerprint density at radius 1 is 0.778 bits per heavy atom. The number of amides is 1. The summed E-state index contributed by atoms with van der Waals surface area (Å²) in [7, 11) is 0. The predicted octanol–water partition coefficient (Wildman–Crippen LogP) is 6.23. The first-order chi connectivity index (χ1) is 21.8. The second-order valence-electron chi connectivity index (χ2n) is 11.4. The Kier molecular flexibility index (Phi) is 10.6. The summed E-state index contributed by atoms with van der Waals surface area (Å²) in [5.41, 5.74) is 3.17. The van der Waals surface area contributed by atoms with Crippen LogP contribution in [0.3, 0.4) is 0 Å².